The molecule has 1 heterocycles. The van der Waals surface area contributed by atoms with E-state index >= 15 is 0 Å². The number of hydrogen-bond donors (Lipinski definition) is 0. The zero-order chi connectivity index (χ0) is 14.5. The number of benzene rings is 1. The number of rotatable bonds is 4. The molecule has 0 fully saturated rings. The first-order valence-corrected chi connectivity index (χ1v) is 8.81. The molecule has 0 bridgehead atoms. The fraction of sp³-hybridized carbons (Fsp3) is 0.286. The predicted molar refractivity (Wildman–Crippen MR) is 91.5 cm³/mol. The van der Waals surface area contributed by atoms with E-state index in [1.54, 1.807) is 17.8 Å². The quantitative estimate of drug-likeness (QED) is 0.726. The number of hydrogen-bond acceptors (Lipinski definition) is 5. The zero-order valence-electron chi connectivity index (χ0n) is 11.2. The van der Waals surface area contributed by atoms with E-state index in [-0.39, 0.29) is 5.12 Å². The highest BCUT2D eigenvalue weighted by atomic mass is 79.9. The molecule has 6 heteroatoms. The number of aliphatic imine (C=N–C) groups is 1. The van der Waals surface area contributed by atoms with E-state index in [0.29, 0.717) is 12.3 Å². The Kier molecular flexibility index (Phi) is 5.74. The molecular weight excluding hydrogens is 358 g/mol. The molecule has 1 aromatic rings. The van der Waals surface area contributed by atoms with Crippen molar-refractivity contribution in [2.45, 2.75) is 13.8 Å². The minimum absolute atomic E-state index is 0.0108. The summed E-state index contributed by atoms with van der Waals surface area (Å²) in [5.74, 6) is 1.67. The summed E-state index contributed by atoms with van der Waals surface area (Å²) < 4.78 is 7.33. The summed E-state index contributed by atoms with van der Waals surface area (Å²) in [4.78, 5) is 16.3. The van der Waals surface area contributed by atoms with Crippen LogP contribution in [0, 0.1) is 0 Å². The third-order valence-corrected chi connectivity index (χ3v) is 4.82. The van der Waals surface area contributed by atoms with Gasteiger partial charge in [0.1, 0.15) is 15.8 Å². The summed E-state index contributed by atoms with van der Waals surface area (Å²) >= 11 is 6.21. The van der Waals surface area contributed by atoms with Crippen molar-refractivity contribution in [3.8, 4) is 5.75 Å². The van der Waals surface area contributed by atoms with Crippen LogP contribution in [0.1, 0.15) is 19.4 Å². The Labute approximate surface area is 135 Å². The molecule has 0 spiro atoms. The number of thioether (sulfide) groups is 2. The molecule has 0 saturated heterocycles. The Bertz CT molecular complexity index is 585. The van der Waals surface area contributed by atoms with Crippen molar-refractivity contribution in [3.05, 3.63) is 33.9 Å². The van der Waals surface area contributed by atoms with Gasteiger partial charge in [0.25, 0.3) is 0 Å². The molecule has 1 aromatic carbocycles. The van der Waals surface area contributed by atoms with Crippen molar-refractivity contribution in [1.29, 1.82) is 0 Å². The van der Waals surface area contributed by atoms with Crippen LogP contribution in [0.2, 0.25) is 0 Å². The molecule has 3 nitrogen and oxygen atoms in total. The Morgan fingerprint density at radius 3 is 2.95 bits per heavy atom. The summed E-state index contributed by atoms with van der Waals surface area (Å²) in [7, 11) is 0. The van der Waals surface area contributed by atoms with Crippen molar-refractivity contribution in [1.82, 2.24) is 0 Å². The van der Waals surface area contributed by atoms with Gasteiger partial charge in [0.2, 0.25) is 5.12 Å². The molecule has 1 aliphatic heterocycles. The van der Waals surface area contributed by atoms with Gasteiger partial charge in [-0.3, -0.25) is 4.79 Å². The molecule has 0 aromatic heterocycles. The summed E-state index contributed by atoms with van der Waals surface area (Å²) in [6.45, 7) is 4.56. The molecular formula is C14H14BrNO2S2. The SMILES string of the molecule is CCOc1ccc(Br)cc1/C=C1\N=C(SCC)SC1=O. The fourth-order valence-electron chi connectivity index (χ4n) is 1.64. The van der Waals surface area contributed by atoms with Gasteiger partial charge in [-0.1, -0.05) is 34.6 Å². The predicted octanol–water partition coefficient (Wildman–Crippen LogP) is 4.57. The van der Waals surface area contributed by atoms with Crippen LogP contribution in [-0.4, -0.2) is 21.9 Å². The molecule has 0 saturated carbocycles. The summed E-state index contributed by atoms with van der Waals surface area (Å²) in [6, 6.07) is 5.73. The fourth-order valence-corrected chi connectivity index (χ4v) is 3.76. The third-order valence-electron chi connectivity index (χ3n) is 2.43. The maximum absolute atomic E-state index is 11.9. The highest BCUT2D eigenvalue weighted by Gasteiger charge is 2.22. The van der Waals surface area contributed by atoms with Crippen molar-refractivity contribution < 1.29 is 9.53 Å². The normalized spacial score (nSPS) is 16.6. The van der Waals surface area contributed by atoms with Crippen LogP contribution in [0.25, 0.3) is 6.08 Å². The average molecular weight is 372 g/mol. The average Bonchev–Trinajstić information content (AvgIpc) is 2.74. The van der Waals surface area contributed by atoms with Crippen molar-refractivity contribution >= 4 is 55.0 Å². The molecule has 2 rings (SSSR count). The highest BCUT2D eigenvalue weighted by molar-refractivity contribution is 9.10. The largest absolute Gasteiger partial charge is 0.493 e. The number of carbonyl (C=O) groups excluding carboxylic acids is 1. The summed E-state index contributed by atoms with van der Waals surface area (Å²) in [5, 5.41) is -0.0108. The first-order chi connectivity index (χ1) is 9.63. The second kappa shape index (κ2) is 7.33. The molecule has 1 aliphatic rings. The van der Waals surface area contributed by atoms with E-state index in [2.05, 4.69) is 20.9 Å². The molecule has 0 atom stereocenters. The highest BCUT2D eigenvalue weighted by Crippen LogP contribution is 2.33. The van der Waals surface area contributed by atoms with Gasteiger partial charge >= 0.3 is 0 Å². The van der Waals surface area contributed by atoms with E-state index < -0.39 is 0 Å². The lowest BCUT2D eigenvalue weighted by Crippen LogP contribution is -1.95. The van der Waals surface area contributed by atoms with Gasteiger partial charge < -0.3 is 4.74 Å². The van der Waals surface area contributed by atoms with Crippen LogP contribution in [0.5, 0.6) is 5.75 Å². The maximum atomic E-state index is 11.9. The monoisotopic (exact) mass is 371 g/mol. The Morgan fingerprint density at radius 1 is 1.45 bits per heavy atom. The second-order valence-corrected chi connectivity index (χ2v) is 7.23. The third kappa shape index (κ3) is 3.90. The van der Waals surface area contributed by atoms with Gasteiger partial charge in [0, 0.05) is 10.0 Å². The molecule has 0 unspecified atom stereocenters. The van der Waals surface area contributed by atoms with Crippen LogP contribution in [0.3, 0.4) is 0 Å². The van der Waals surface area contributed by atoms with E-state index in [1.807, 2.05) is 32.0 Å². The van der Waals surface area contributed by atoms with E-state index in [9.17, 15) is 4.79 Å². The lowest BCUT2D eigenvalue weighted by atomic mass is 10.1. The zero-order valence-corrected chi connectivity index (χ0v) is 14.4. The molecule has 0 aliphatic carbocycles. The Hall–Kier alpha value is -0.720. The van der Waals surface area contributed by atoms with Crippen molar-refractivity contribution in [2.24, 2.45) is 4.99 Å². The van der Waals surface area contributed by atoms with Crippen molar-refractivity contribution in [2.75, 3.05) is 12.4 Å². The second-order valence-electron chi connectivity index (χ2n) is 3.84. The first kappa shape index (κ1) is 15.7. The first-order valence-electron chi connectivity index (χ1n) is 6.21. The number of halogens is 1. The van der Waals surface area contributed by atoms with E-state index in [1.165, 1.54) is 11.8 Å². The van der Waals surface area contributed by atoms with Gasteiger partial charge in [-0.05, 0) is 48.7 Å². The van der Waals surface area contributed by atoms with Crippen LogP contribution < -0.4 is 4.74 Å². The summed E-state index contributed by atoms with van der Waals surface area (Å²) in [5.41, 5.74) is 1.33. The standard InChI is InChI=1S/C14H14BrNO2S2/c1-3-18-12-6-5-10(15)7-9(12)8-11-13(17)20-14(16-11)19-4-2/h5-8H,3-4H2,1-2H3/b11-8-. The van der Waals surface area contributed by atoms with Crippen LogP contribution in [-0.2, 0) is 4.79 Å². The molecule has 0 amide bonds. The lowest BCUT2D eigenvalue weighted by molar-refractivity contribution is -0.107. The van der Waals surface area contributed by atoms with E-state index in [0.717, 1.165) is 25.9 Å². The van der Waals surface area contributed by atoms with Crippen LogP contribution in [0.15, 0.2) is 33.4 Å². The molecule has 0 N–H and O–H groups in total. The number of nitrogens with zero attached hydrogens (tertiary/aromatic N) is 1. The van der Waals surface area contributed by atoms with Gasteiger partial charge in [-0.25, -0.2) is 4.99 Å². The van der Waals surface area contributed by atoms with Gasteiger partial charge in [0.05, 0.1) is 6.61 Å². The minimum Gasteiger partial charge on any atom is -0.493 e. The number of ether oxygens (including phenoxy) is 1. The van der Waals surface area contributed by atoms with Crippen molar-refractivity contribution in [3.63, 3.8) is 0 Å². The van der Waals surface area contributed by atoms with Gasteiger partial charge in [-0.15, -0.1) is 0 Å². The smallest absolute Gasteiger partial charge is 0.244 e. The van der Waals surface area contributed by atoms with Gasteiger partial charge in [-0.2, -0.15) is 0 Å². The maximum Gasteiger partial charge on any atom is 0.244 e. The van der Waals surface area contributed by atoms with E-state index in [4.69, 9.17) is 4.74 Å². The van der Waals surface area contributed by atoms with Crippen LogP contribution >= 0.6 is 39.5 Å². The minimum atomic E-state index is -0.0108. The lowest BCUT2D eigenvalue weighted by Gasteiger charge is -2.07. The van der Waals surface area contributed by atoms with Gasteiger partial charge in [0.15, 0.2) is 0 Å². The van der Waals surface area contributed by atoms with Crippen LogP contribution in [0.4, 0.5) is 0 Å². The molecule has 0 radical (unpaired) electrons. The molecule has 106 valence electrons. The molecule has 20 heavy (non-hydrogen) atoms. The topological polar surface area (TPSA) is 38.7 Å². The Balaban J connectivity index is 2.34. The summed E-state index contributed by atoms with van der Waals surface area (Å²) in [6.07, 6.45) is 1.79. The number of carbonyl (C=O) groups is 1. The Morgan fingerprint density at radius 2 is 2.25 bits per heavy atom.